The van der Waals surface area contributed by atoms with Crippen LogP contribution in [0.2, 0.25) is 0 Å². The van der Waals surface area contributed by atoms with Crippen LogP contribution in [0.1, 0.15) is 27.7 Å². The van der Waals surface area contributed by atoms with Crippen molar-refractivity contribution in [1.29, 1.82) is 0 Å². The van der Waals surface area contributed by atoms with Crippen molar-refractivity contribution in [2.75, 3.05) is 7.05 Å². The van der Waals surface area contributed by atoms with Crippen LogP contribution in [-0.4, -0.2) is 12.0 Å². The van der Waals surface area contributed by atoms with E-state index >= 15 is 0 Å². The summed E-state index contributed by atoms with van der Waals surface area (Å²) < 4.78 is 1.20. The molecular formula is C14H17BrN2S. The molecule has 0 fully saturated rings. The molecule has 0 bridgehead atoms. The number of nitrogens with zero attached hydrogens (tertiary/aromatic N) is 1. The zero-order chi connectivity index (χ0) is 13.1. The molecule has 1 N–H and O–H groups in total. The summed E-state index contributed by atoms with van der Waals surface area (Å²) in [6.45, 7) is 4.27. The number of aromatic nitrogens is 1. The Hall–Kier alpha value is -0.710. The highest BCUT2D eigenvalue weighted by atomic mass is 79.9. The second-order valence-electron chi connectivity index (χ2n) is 4.44. The van der Waals surface area contributed by atoms with E-state index < -0.39 is 0 Å². The van der Waals surface area contributed by atoms with E-state index in [9.17, 15) is 0 Å². The molecule has 0 saturated heterocycles. The Morgan fingerprint density at radius 1 is 1.33 bits per heavy atom. The van der Waals surface area contributed by atoms with Crippen molar-refractivity contribution < 1.29 is 0 Å². The molecule has 1 atom stereocenters. The molecule has 1 unspecified atom stereocenters. The van der Waals surface area contributed by atoms with Crippen LogP contribution in [0.3, 0.4) is 0 Å². The maximum atomic E-state index is 4.36. The van der Waals surface area contributed by atoms with Gasteiger partial charge < -0.3 is 5.32 Å². The van der Waals surface area contributed by atoms with Gasteiger partial charge in [-0.1, -0.05) is 28.1 Å². The van der Waals surface area contributed by atoms with Gasteiger partial charge in [-0.15, -0.1) is 11.3 Å². The van der Waals surface area contributed by atoms with Crippen molar-refractivity contribution in [3.63, 3.8) is 0 Å². The molecule has 1 heterocycles. The van der Waals surface area contributed by atoms with Crippen LogP contribution in [0, 0.1) is 13.8 Å². The first-order valence-electron chi connectivity index (χ1n) is 5.94. The minimum atomic E-state index is 0.321. The first-order valence-corrected chi connectivity index (χ1v) is 7.61. The summed E-state index contributed by atoms with van der Waals surface area (Å²) in [6, 6.07) is 4.80. The van der Waals surface area contributed by atoms with E-state index in [0.717, 1.165) is 6.42 Å². The fourth-order valence-corrected chi connectivity index (χ4v) is 2.99. The van der Waals surface area contributed by atoms with Gasteiger partial charge in [0.2, 0.25) is 0 Å². The number of thiazole rings is 1. The molecule has 0 amide bonds. The number of halogens is 1. The summed E-state index contributed by atoms with van der Waals surface area (Å²) in [5.74, 6) is 0. The van der Waals surface area contributed by atoms with E-state index in [0.29, 0.717) is 6.04 Å². The quantitative estimate of drug-likeness (QED) is 0.918. The van der Waals surface area contributed by atoms with Gasteiger partial charge in [0, 0.05) is 28.5 Å². The standard InChI is InChI=1S/C14H17BrN2S/c1-9-6-11(7-10(2)14(9)15)12(16-3)8-13-17-4-5-18-13/h4-7,12,16H,8H2,1-3H3. The Balaban J connectivity index is 2.27. The minimum Gasteiger partial charge on any atom is -0.313 e. The summed E-state index contributed by atoms with van der Waals surface area (Å²) >= 11 is 5.33. The zero-order valence-electron chi connectivity index (χ0n) is 10.8. The second-order valence-corrected chi connectivity index (χ2v) is 6.21. The van der Waals surface area contributed by atoms with E-state index in [-0.39, 0.29) is 0 Å². The van der Waals surface area contributed by atoms with Crippen molar-refractivity contribution in [2.24, 2.45) is 0 Å². The summed E-state index contributed by atoms with van der Waals surface area (Å²) in [5.41, 5.74) is 3.89. The molecule has 0 aliphatic rings. The molecule has 0 saturated carbocycles. The lowest BCUT2D eigenvalue weighted by atomic mass is 9.99. The molecule has 96 valence electrons. The van der Waals surface area contributed by atoms with Crippen molar-refractivity contribution in [3.05, 3.63) is 49.9 Å². The Morgan fingerprint density at radius 3 is 2.50 bits per heavy atom. The van der Waals surface area contributed by atoms with E-state index in [1.54, 1.807) is 11.3 Å². The molecule has 0 radical (unpaired) electrons. The Bertz CT molecular complexity index is 500. The predicted octanol–water partition coefficient (Wildman–Crippen LogP) is 4.03. The molecule has 1 aromatic carbocycles. The molecule has 4 heteroatoms. The number of aryl methyl sites for hydroxylation is 2. The average Bonchev–Trinajstić information content (AvgIpc) is 2.85. The number of benzene rings is 1. The second kappa shape index (κ2) is 5.95. The highest BCUT2D eigenvalue weighted by molar-refractivity contribution is 9.10. The smallest absolute Gasteiger partial charge is 0.0943 e. The van der Waals surface area contributed by atoms with Crippen LogP contribution < -0.4 is 5.32 Å². The number of hydrogen-bond acceptors (Lipinski definition) is 3. The number of hydrogen-bond donors (Lipinski definition) is 1. The van der Waals surface area contributed by atoms with Crippen LogP contribution in [0.15, 0.2) is 28.2 Å². The van der Waals surface area contributed by atoms with E-state index in [1.807, 2.05) is 18.6 Å². The highest BCUT2D eigenvalue weighted by Crippen LogP contribution is 2.27. The fraction of sp³-hybridized carbons (Fsp3) is 0.357. The maximum absolute atomic E-state index is 4.36. The fourth-order valence-electron chi connectivity index (χ4n) is 2.10. The zero-order valence-corrected chi connectivity index (χ0v) is 13.2. The van der Waals surface area contributed by atoms with E-state index in [2.05, 4.69) is 52.2 Å². The minimum absolute atomic E-state index is 0.321. The first-order chi connectivity index (χ1) is 8.61. The average molecular weight is 325 g/mol. The third-order valence-corrected chi connectivity index (χ3v) is 5.12. The lowest BCUT2D eigenvalue weighted by Crippen LogP contribution is -2.19. The molecule has 0 spiro atoms. The molecule has 0 aliphatic heterocycles. The molecule has 2 aromatic rings. The van der Waals surface area contributed by atoms with E-state index in [4.69, 9.17) is 0 Å². The molecule has 1 aromatic heterocycles. The van der Waals surface area contributed by atoms with Gasteiger partial charge in [0.1, 0.15) is 0 Å². The summed E-state index contributed by atoms with van der Waals surface area (Å²) in [5, 5.41) is 6.58. The van der Waals surface area contributed by atoms with Crippen LogP contribution in [-0.2, 0) is 6.42 Å². The first kappa shape index (κ1) is 13.7. The third-order valence-electron chi connectivity index (χ3n) is 3.07. The Morgan fingerprint density at radius 2 is 2.00 bits per heavy atom. The van der Waals surface area contributed by atoms with Crippen molar-refractivity contribution in [1.82, 2.24) is 10.3 Å². The molecule has 18 heavy (non-hydrogen) atoms. The Labute approximate surface area is 121 Å². The van der Waals surface area contributed by atoms with Gasteiger partial charge in [-0.25, -0.2) is 4.98 Å². The van der Waals surface area contributed by atoms with Crippen LogP contribution >= 0.6 is 27.3 Å². The van der Waals surface area contributed by atoms with Gasteiger partial charge in [0.15, 0.2) is 0 Å². The Kier molecular flexibility index (Phi) is 4.54. The third kappa shape index (κ3) is 2.99. The van der Waals surface area contributed by atoms with Crippen molar-refractivity contribution in [2.45, 2.75) is 26.3 Å². The molecular weight excluding hydrogens is 308 g/mol. The van der Waals surface area contributed by atoms with Crippen LogP contribution in [0.25, 0.3) is 0 Å². The number of nitrogens with one attached hydrogen (secondary N) is 1. The van der Waals surface area contributed by atoms with Gasteiger partial charge in [0.25, 0.3) is 0 Å². The lowest BCUT2D eigenvalue weighted by molar-refractivity contribution is 0.589. The monoisotopic (exact) mass is 324 g/mol. The maximum Gasteiger partial charge on any atom is 0.0943 e. The molecule has 2 nitrogen and oxygen atoms in total. The molecule has 2 rings (SSSR count). The SMILES string of the molecule is CNC(Cc1nccs1)c1cc(C)c(Br)c(C)c1. The number of rotatable bonds is 4. The normalized spacial score (nSPS) is 12.7. The van der Waals surface area contributed by atoms with Gasteiger partial charge in [-0.05, 0) is 37.6 Å². The summed E-state index contributed by atoms with van der Waals surface area (Å²) in [7, 11) is 2.00. The lowest BCUT2D eigenvalue weighted by Gasteiger charge is -2.17. The predicted molar refractivity (Wildman–Crippen MR) is 81.2 cm³/mol. The van der Waals surface area contributed by atoms with Crippen molar-refractivity contribution in [3.8, 4) is 0 Å². The van der Waals surface area contributed by atoms with Crippen LogP contribution in [0.4, 0.5) is 0 Å². The molecule has 0 aliphatic carbocycles. The van der Waals surface area contributed by atoms with Gasteiger partial charge in [-0.3, -0.25) is 0 Å². The van der Waals surface area contributed by atoms with Gasteiger partial charge in [-0.2, -0.15) is 0 Å². The summed E-state index contributed by atoms with van der Waals surface area (Å²) in [4.78, 5) is 4.36. The van der Waals surface area contributed by atoms with Gasteiger partial charge >= 0.3 is 0 Å². The van der Waals surface area contributed by atoms with E-state index in [1.165, 1.54) is 26.2 Å². The largest absolute Gasteiger partial charge is 0.313 e. The number of likely N-dealkylation sites (N-methyl/N-ethyl adjacent to an activating group) is 1. The summed E-state index contributed by atoms with van der Waals surface area (Å²) in [6.07, 6.45) is 2.81. The highest BCUT2D eigenvalue weighted by Gasteiger charge is 2.13. The van der Waals surface area contributed by atoms with Crippen molar-refractivity contribution >= 4 is 27.3 Å². The van der Waals surface area contributed by atoms with Crippen LogP contribution in [0.5, 0.6) is 0 Å². The van der Waals surface area contributed by atoms with Gasteiger partial charge in [0.05, 0.1) is 5.01 Å². The topological polar surface area (TPSA) is 24.9 Å².